The molecule has 1 unspecified atom stereocenters. The van der Waals surface area contributed by atoms with Crippen molar-refractivity contribution in [3.8, 4) is 22.7 Å². The molecule has 3 heterocycles. The molecule has 0 saturated carbocycles. The SMILES string of the molecule is COc1ccc(NC(=O)c2cn(CC3CCCO3)cc3c(=O)n(-c4ccccc4)nc2-3)cc1. The largest absolute Gasteiger partial charge is 0.497 e. The molecule has 1 N–H and O–H groups in total. The number of hydrogen-bond donors (Lipinski definition) is 1. The van der Waals surface area contributed by atoms with Gasteiger partial charge in [0.1, 0.15) is 11.4 Å². The molecule has 0 bridgehead atoms. The predicted octanol–water partition coefficient (Wildman–Crippen LogP) is 3.58. The first-order valence-electron chi connectivity index (χ1n) is 10.9. The zero-order valence-electron chi connectivity index (χ0n) is 18.2. The molecule has 0 radical (unpaired) electrons. The van der Waals surface area contributed by atoms with Crippen molar-refractivity contribution in [3.05, 3.63) is 82.9 Å². The van der Waals surface area contributed by atoms with Gasteiger partial charge in [0.05, 0.1) is 30.0 Å². The van der Waals surface area contributed by atoms with Crippen LogP contribution in [0, 0.1) is 0 Å². The van der Waals surface area contributed by atoms with Crippen molar-refractivity contribution >= 4 is 11.6 Å². The van der Waals surface area contributed by atoms with Crippen LogP contribution in [0.5, 0.6) is 5.75 Å². The van der Waals surface area contributed by atoms with Crippen LogP contribution in [-0.4, -0.2) is 40.1 Å². The van der Waals surface area contributed by atoms with Gasteiger partial charge in [0, 0.05) is 31.2 Å². The highest BCUT2D eigenvalue weighted by atomic mass is 16.5. The molecule has 0 aromatic heterocycles. The van der Waals surface area contributed by atoms with Gasteiger partial charge in [-0.1, -0.05) is 18.2 Å². The van der Waals surface area contributed by atoms with Crippen molar-refractivity contribution in [2.75, 3.05) is 19.0 Å². The molecule has 1 amide bonds. The number of fused-ring (bicyclic) bond motifs is 1. The number of rotatable bonds is 6. The number of ether oxygens (including phenoxy) is 2. The van der Waals surface area contributed by atoms with Crippen LogP contribution in [0.2, 0.25) is 0 Å². The molecular weight excluding hydrogens is 420 g/mol. The lowest BCUT2D eigenvalue weighted by Gasteiger charge is -2.16. The van der Waals surface area contributed by atoms with Gasteiger partial charge in [0.2, 0.25) is 0 Å². The van der Waals surface area contributed by atoms with Crippen molar-refractivity contribution in [1.29, 1.82) is 0 Å². The van der Waals surface area contributed by atoms with E-state index < -0.39 is 0 Å². The van der Waals surface area contributed by atoms with E-state index in [1.807, 2.05) is 34.9 Å². The molecule has 8 nitrogen and oxygen atoms in total. The molecule has 33 heavy (non-hydrogen) atoms. The lowest BCUT2D eigenvalue weighted by molar-refractivity contribution is 0.0961. The summed E-state index contributed by atoms with van der Waals surface area (Å²) in [7, 11) is 1.59. The Balaban J connectivity index is 1.56. The number of nitrogens with one attached hydrogen (secondary N) is 1. The molecule has 1 fully saturated rings. The number of pyridine rings is 1. The Morgan fingerprint density at radius 2 is 1.94 bits per heavy atom. The maximum absolute atomic E-state index is 13.3. The predicted molar refractivity (Wildman–Crippen MR) is 124 cm³/mol. The van der Waals surface area contributed by atoms with Gasteiger partial charge in [-0.2, -0.15) is 9.78 Å². The topological polar surface area (TPSA) is 87.4 Å². The molecule has 0 spiro atoms. The molecule has 1 saturated heterocycles. The third kappa shape index (κ3) is 4.25. The van der Waals surface area contributed by atoms with Gasteiger partial charge in [-0.3, -0.25) is 9.59 Å². The maximum Gasteiger partial charge on any atom is 0.282 e. The van der Waals surface area contributed by atoms with Gasteiger partial charge in [0.15, 0.2) is 0 Å². The van der Waals surface area contributed by atoms with E-state index in [1.165, 1.54) is 4.68 Å². The smallest absolute Gasteiger partial charge is 0.282 e. The van der Waals surface area contributed by atoms with Crippen LogP contribution in [0.4, 0.5) is 5.69 Å². The summed E-state index contributed by atoms with van der Waals surface area (Å²) in [6.45, 7) is 1.30. The van der Waals surface area contributed by atoms with E-state index in [0.29, 0.717) is 40.5 Å². The van der Waals surface area contributed by atoms with Crippen molar-refractivity contribution < 1.29 is 14.3 Å². The number of para-hydroxylation sites is 1. The van der Waals surface area contributed by atoms with Gasteiger partial charge in [-0.15, -0.1) is 0 Å². The minimum absolute atomic E-state index is 0.0595. The Kier molecular flexibility index (Phi) is 5.66. The summed E-state index contributed by atoms with van der Waals surface area (Å²) < 4.78 is 14.1. The highest BCUT2D eigenvalue weighted by Gasteiger charge is 2.26. The fraction of sp³-hybridized carbons (Fsp3) is 0.240. The first kappa shape index (κ1) is 21.0. The monoisotopic (exact) mass is 444 g/mol. The van der Waals surface area contributed by atoms with Crippen molar-refractivity contribution in [2.24, 2.45) is 0 Å². The van der Waals surface area contributed by atoms with Crippen molar-refractivity contribution in [2.45, 2.75) is 25.5 Å². The molecule has 1 atom stereocenters. The molecule has 2 aromatic carbocycles. The number of aromatic nitrogens is 3. The van der Waals surface area contributed by atoms with Crippen LogP contribution in [-0.2, 0) is 11.3 Å². The quantitative estimate of drug-likeness (QED) is 0.491. The Hall–Kier alpha value is -3.91. The molecule has 3 aliphatic heterocycles. The number of methoxy groups -OCH3 is 1. The molecule has 0 aliphatic carbocycles. The zero-order chi connectivity index (χ0) is 22.8. The lowest BCUT2D eigenvalue weighted by Crippen LogP contribution is -2.20. The molecule has 2 aromatic rings. The molecule has 168 valence electrons. The zero-order valence-corrected chi connectivity index (χ0v) is 18.2. The lowest BCUT2D eigenvalue weighted by atomic mass is 10.1. The summed E-state index contributed by atoms with van der Waals surface area (Å²) in [6, 6.07) is 16.3. The average Bonchev–Trinajstić information content (AvgIpc) is 3.48. The Bertz CT molecular complexity index is 1290. The summed E-state index contributed by atoms with van der Waals surface area (Å²) in [5.41, 5.74) is 2.07. The standard InChI is InChI=1S/C25H24N4O4/c1-32-19-11-9-17(10-12-19)26-24(30)21-15-28(14-20-8-5-13-33-20)16-22-23(21)27-29(25(22)31)18-6-3-2-4-7-18/h2-4,6-7,9-12,15-16,20H,5,8,13-14H2,1H3,(H,26,30). The third-order valence-corrected chi connectivity index (χ3v) is 5.75. The first-order chi connectivity index (χ1) is 16.1. The van der Waals surface area contributed by atoms with E-state index in [4.69, 9.17) is 9.47 Å². The van der Waals surface area contributed by atoms with E-state index in [-0.39, 0.29) is 17.6 Å². The number of amides is 1. The number of hydrogen-bond acceptors (Lipinski definition) is 5. The highest BCUT2D eigenvalue weighted by Crippen LogP contribution is 2.25. The minimum atomic E-state index is -0.343. The Morgan fingerprint density at radius 3 is 2.64 bits per heavy atom. The van der Waals surface area contributed by atoms with Crippen LogP contribution in [0.3, 0.4) is 0 Å². The van der Waals surface area contributed by atoms with Crippen LogP contribution in [0.25, 0.3) is 16.9 Å². The number of nitrogens with zero attached hydrogens (tertiary/aromatic N) is 3. The van der Waals surface area contributed by atoms with E-state index in [2.05, 4.69) is 10.4 Å². The first-order valence-corrected chi connectivity index (χ1v) is 10.9. The second kappa shape index (κ2) is 8.91. The highest BCUT2D eigenvalue weighted by molar-refractivity contribution is 6.08. The molecule has 5 rings (SSSR count). The Labute approximate surface area is 190 Å². The number of carbonyl (C=O) groups excluding carboxylic acids is 1. The van der Waals surface area contributed by atoms with Gasteiger partial charge in [-0.25, -0.2) is 0 Å². The van der Waals surface area contributed by atoms with E-state index in [0.717, 1.165) is 19.4 Å². The van der Waals surface area contributed by atoms with E-state index in [9.17, 15) is 9.59 Å². The second-order valence-electron chi connectivity index (χ2n) is 8.00. The van der Waals surface area contributed by atoms with Gasteiger partial charge in [-0.05, 0) is 49.2 Å². The summed E-state index contributed by atoms with van der Waals surface area (Å²) in [5.74, 6) is 0.353. The fourth-order valence-corrected chi connectivity index (χ4v) is 4.07. The number of benzene rings is 2. The van der Waals surface area contributed by atoms with Crippen LogP contribution >= 0.6 is 0 Å². The summed E-state index contributed by atoms with van der Waals surface area (Å²) >= 11 is 0. The van der Waals surface area contributed by atoms with Gasteiger partial charge < -0.3 is 19.4 Å². The summed E-state index contributed by atoms with van der Waals surface area (Å²) in [5, 5.41) is 7.42. The number of carbonyl (C=O) groups is 1. The second-order valence-corrected chi connectivity index (χ2v) is 8.00. The van der Waals surface area contributed by atoms with E-state index in [1.54, 1.807) is 43.8 Å². The van der Waals surface area contributed by atoms with Crippen LogP contribution in [0.1, 0.15) is 23.2 Å². The van der Waals surface area contributed by atoms with Gasteiger partial charge >= 0.3 is 0 Å². The maximum atomic E-state index is 13.3. The molecule has 3 aliphatic rings. The molecular formula is C25H24N4O4. The third-order valence-electron chi connectivity index (χ3n) is 5.75. The van der Waals surface area contributed by atoms with Crippen molar-refractivity contribution in [1.82, 2.24) is 14.3 Å². The number of anilines is 1. The summed E-state index contributed by atoms with van der Waals surface area (Å²) in [6.07, 6.45) is 5.52. The van der Waals surface area contributed by atoms with E-state index >= 15 is 0 Å². The normalized spacial score (nSPS) is 15.6. The average molecular weight is 444 g/mol. The minimum Gasteiger partial charge on any atom is -0.497 e. The van der Waals surface area contributed by atoms with Crippen LogP contribution in [0.15, 0.2) is 71.8 Å². The van der Waals surface area contributed by atoms with Crippen molar-refractivity contribution in [3.63, 3.8) is 0 Å². The van der Waals surface area contributed by atoms with Gasteiger partial charge in [0.25, 0.3) is 11.5 Å². The fourth-order valence-electron chi connectivity index (χ4n) is 4.07. The Morgan fingerprint density at radius 1 is 1.15 bits per heavy atom. The summed E-state index contributed by atoms with van der Waals surface area (Å²) in [4.78, 5) is 26.5. The molecule has 8 heteroatoms. The van der Waals surface area contributed by atoms with Crippen LogP contribution < -0.4 is 15.6 Å².